The standard InChI is InChI=1S/C9H12N5O9P/c10-13-12-9(3-22-24(19,20)21)6(17)5(16)7(23-9)14-2-1-4(15)11-8(14)18/h1-2,5-7,16-17H,3H2,(H,11,15,18)(H2,19,20,21)/t5?,6?,7-,9-/m0/s1. The molecule has 4 atom stereocenters. The predicted octanol–water partition coefficient (Wildman–Crippen LogP) is -2.10. The highest BCUT2D eigenvalue weighted by atomic mass is 31.2. The molecule has 0 spiro atoms. The fourth-order valence-corrected chi connectivity index (χ4v) is 2.46. The summed E-state index contributed by atoms with van der Waals surface area (Å²) in [7, 11) is -5.01. The number of nitrogens with zero attached hydrogens (tertiary/aromatic N) is 4. The van der Waals surface area contributed by atoms with Gasteiger partial charge in [0.15, 0.2) is 6.23 Å². The van der Waals surface area contributed by atoms with E-state index in [0.29, 0.717) is 4.57 Å². The Labute approximate surface area is 131 Å². The van der Waals surface area contributed by atoms with Gasteiger partial charge < -0.3 is 24.7 Å². The van der Waals surface area contributed by atoms with E-state index < -0.39 is 49.8 Å². The summed E-state index contributed by atoms with van der Waals surface area (Å²) in [4.78, 5) is 44.5. The van der Waals surface area contributed by atoms with Crippen molar-refractivity contribution in [1.82, 2.24) is 9.55 Å². The van der Waals surface area contributed by atoms with Crippen LogP contribution in [0.3, 0.4) is 0 Å². The summed E-state index contributed by atoms with van der Waals surface area (Å²) in [5.74, 6) is 0. The first kappa shape index (κ1) is 18.3. The van der Waals surface area contributed by atoms with Gasteiger partial charge >= 0.3 is 13.5 Å². The molecule has 0 aliphatic carbocycles. The number of aromatic amines is 1. The monoisotopic (exact) mass is 365 g/mol. The van der Waals surface area contributed by atoms with Gasteiger partial charge in [-0.3, -0.25) is 18.9 Å². The van der Waals surface area contributed by atoms with Crippen molar-refractivity contribution in [3.63, 3.8) is 0 Å². The third-order valence-electron chi connectivity index (χ3n) is 3.18. The normalized spacial score (nSPS) is 30.1. The van der Waals surface area contributed by atoms with Crippen LogP contribution in [-0.4, -0.2) is 54.1 Å². The van der Waals surface area contributed by atoms with Gasteiger partial charge in [-0.25, -0.2) is 9.36 Å². The summed E-state index contributed by atoms with van der Waals surface area (Å²) in [5, 5.41) is 23.2. The molecule has 1 aromatic heterocycles. The molecule has 2 rings (SSSR count). The number of ether oxygens (including phenoxy) is 1. The van der Waals surface area contributed by atoms with Gasteiger partial charge in [0, 0.05) is 17.2 Å². The van der Waals surface area contributed by atoms with E-state index in [4.69, 9.17) is 20.1 Å². The molecule has 1 aliphatic rings. The van der Waals surface area contributed by atoms with Crippen LogP contribution in [0.15, 0.2) is 27.0 Å². The maximum atomic E-state index is 11.7. The highest BCUT2D eigenvalue weighted by molar-refractivity contribution is 7.46. The molecule has 0 amide bonds. The van der Waals surface area contributed by atoms with Crippen LogP contribution in [0, 0.1) is 0 Å². The Morgan fingerprint density at radius 3 is 2.71 bits per heavy atom. The zero-order valence-electron chi connectivity index (χ0n) is 11.7. The van der Waals surface area contributed by atoms with E-state index in [0.717, 1.165) is 12.3 Å². The summed E-state index contributed by atoms with van der Waals surface area (Å²) in [6.45, 7) is -1.10. The molecule has 24 heavy (non-hydrogen) atoms. The number of phosphoric ester groups is 1. The highest BCUT2D eigenvalue weighted by Crippen LogP contribution is 2.43. The lowest BCUT2D eigenvalue weighted by Crippen LogP contribution is -2.44. The predicted molar refractivity (Wildman–Crippen MR) is 73.3 cm³/mol. The Morgan fingerprint density at radius 2 is 2.17 bits per heavy atom. The zero-order chi connectivity index (χ0) is 18.1. The molecule has 2 unspecified atom stereocenters. The first-order valence-corrected chi connectivity index (χ1v) is 7.74. The summed E-state index contributed by atoms with van der Waals surface area (Å²) in [6, 6.07) is 0.934. The Balaban J connectivity index is 2.41. The average molecular weight is 365 g/mol. The van der Waals surface area contributed by atoms with E-state index in [1.165, 1.54) is 0 Å². The second-order valence-corrected chi connectivity index (χ2v) is 6.00. The van der Waals surface area contributed by atoms with Crippen LogP contribution >= 0.6 is 7.82 Å². The summed E-state index contributed by atoms with van der Waals surface area (Å²) >= 11 is 0. The molecule has 1 aromatic rings. The third kappa shape index (κ3) is 3.56. The molecule has 0 radical (unpaired) electrons. The average Bonchev–Trinajstić information content (AvgIpc) is 2.71. The lowest BCUT2D eigenvalue weighted by atomic mass is 10.1. The highest BCUT2D eigenvalue weighted by Gasteiger charge is 2.56. The second-order valence-electron chi connectivity index (χ2n) is 4.76. The molecule has 0 aromatic carbocycles. The van der Waals surface area contributed by atoms with E-state index in [-0.39, 0.29) is 0 Å². The molecule has 2 heterocycles. The molecule has 1 aliphatic heterocycles. The van der Waals surface area contributed by atoms with Crippen LogP contribution in [-0.2, 0) is 13.8 Å². The number of hydrogen-bond acceptors (Lipinski definition) is 8. The molecule has 5 N–H and O–H groups in total. The molecule has 1 saturated heterocycles. The van der Waals surface area contributed by atoms with Crippen LogP contribution in [0.4, 0.5) is 0 Å². The fourth-order valence-electron chi connectivity index (χ4n) is 2.10. The topological polar surface area (TPSA) is 220 Å². The van der Waals surface area contributed by atoms with Gasteiger partial charge in [-0.1, -0.05) is 5.11 Å². The molecule has 0 bridgehead atoms. The van der Waals surface area contributed by atoms with Crippen molar-refractivity contribution in [2.75, 3.05) is 6.61 Å². The van der Waals surface area contributed by atoms with Gasteiger partial charge in [0.2, 0.25) is 5.72 Å². The van der Waals surface area contributed by atoms with Gasteiger partial charge in [0.05, 0.1) is 6.61 Å². The van der Waals surface area contributed by atoms with Crippen molar-refractivity contribution >= 4 is 7.82 Å². The SMILES string of the molecule is [N-]=[N+]=N[C@@]1(COP(=O)(O)O)O[C@H](n2ccc(=O)[nH]c2=O)C(O)C1O. The number of azide groups is 1. The number of aliphatic hydroxyl groups is 2. The van der Waals surface area contributed by atoms with Gasteiger partial charge in [0.1, 0.15) is 12.2 Å². The van der Waals surface area contributed by atoms with Crippen molar-refractivity contribution in [2.24, 2.45) is 5.11 Å². The number of hydrogen-bond donors (Lipinski definition) is 5. The quantitative estimate of drug-likeness (QED) is 0.167. The lowest BCUT2D eigenvalue weighted by molar-refractivity contribution is -0.123. The van der Waals surface area contributed by atoms with Crippen LogP contribution < -0.4 is 11.2 Å². The maximum Gasteiger partial charge on any atom is 0.469 e. The van der Waals surface area contributed by atoms with E-state index in [9.17, 15) is 24.4 Å². The molecule has 132 valence electrons. The number of nitrogens with one attached hydrogen (secondary N) is 1. The van der Waals surface area contributed by atoms with Crippen LogP contribution in [0.5, 0.6) is 0 Å². The second kappa shape index (κ2) is 6.47. The first-order chi connectivity index (χ1) is 11.1. The van der Waals surface area contributed by atoms with Gasteiger partial charge in [0.25, 0.3) is 5.56 Å². The molecule has 15 heteroatoms. The minimum atomic E-state index is -5.01. The van der Waals surface area contributed by atoms with Gasteiger partial charge in [-0.15, -0.1) is 0 Å². The summed E-state index contributed by atoms with van der Waals surface area (Å²) in [5.41, 5.74) is 4.47. The largest absolute Gasteiger partial charge is 0.469 e. The van der Waals surface area contributed by atoms with Crippen LogP contribution in [0.1, 0.15) is 6.23 Å². The number of aromatic nitrogens is 2. The third-order valence-corrected chi connectivity index (χ3v) is 3.65. The van der Waals surface area contributed by atoms with Crippen LogP contribution in [0.25, 0.3) is 10.4 Å². The van der Waals surface area contributed by atoms with Crippen LogP contribution in [0.2, 0.25) is 0 Å². The maximum absolute atomic E-state index is 11.7. The summed E-state index contributed by atoms with van der Waals surface area (Å²) < 4.78 is 20.9. The fraction of sp³-hybridized carbons (Fsp3) is 0.556. The molecular weight excluding hydrogens is 353 g/mol. The first-order valence-electron chi connectivity index (χ1n) is 6.21. The zero-order valence-corrected chi connectivity index (χ0v) is 12.6. The number of H-pyrrole nitrogens is 1. The molecule has 14 nitrogen and oxygen atoms in total. The van der Waals surface area contributed by atoms with E-state index >= 15 is 0 Å². The van der Waals surface area contributed by atoms with E-state index in [1.807, 2.05) is 4.98 Å². The molecular formula is C9H12N5O9P. The number of aliphatic hydroxyl groups excluding tert-OH is 2. The minimum Gasteiger partial charge on any atom is -0.387 e. The minimum absolute atomic E-state index is 0.696. The smallest absolute Gasteiger partial charge is 0.387 e. The van der Waals surface area contributed by atoms with Crippen molar-refractivity contribution < 1.29 is 33.8 Å². The van der Waals surface area contributed by atoms with Crippen molar-refractivity contribution in [3.8, 4) is 0 Å². The molecule has 0 saturated carbocycles. The Hall–Kier alpha value is -2.02. The molecule has 1 fully saturated rings. The van der Waals surface area contributed by atoms with Crippen molar-refractivity contribution in [1.29, 1.82) is 0 Å². The van der Waals surface area contributed by atoms with E-state index in [1.54, 1.807) is 0 Å². The van der Waals surface area contributed by atoms with Gasteiger partial charge in [-0.2, -0.15) is 0 Å². The number of phosphoric acid groups is 1. The van der Waals surface area contributed by atoms with Crippen molar-refractivity contribution in [2.45, 2.75) is 24.2 Å². The Kier molecular flexibility index (Phi) is 4.94. The number of rotatable bonds is 5. The Morgan fingerprint density at radius 1 is 1.50 bits per heavy atom. The Bertz CT molecular complexity index is 825. The van der Waals surface area contributed by atoms with Gasteiger partial charge in [-0.05, 0) is 5.53 Å². The van der Waals surface area contributed by atoms with Crippen molar-refractivity contribution in [3.05, 3.63) is 43.5 Å². The summed E-state index contributed by atoms with van der Waals surface area (Å²) in [6.07, 6.45) is -4.48. The lowest BCUT2D eigenvalue weighted by Gasteiger charge is -2.26. The van der Waals surface area contributed by atoms with E-state index in [2.05, 4.69) is 14.5 Å².